The number of carbonyl (C=O) groups excluding carboxylic acids is 3. The Kier molecular flexibility index (Phi) is 4.93. The number of hydrogen-bond acceptors (Lipinski definition) is 5. The van der Waals surface area contributed by atoms with E-state index < -0.39 is 6.17 Å². The van der Waals surface area contributed by atoms with Crippen molar-refractivity contribution in [2.24, 2.45) is 7.05 Å². The van der Waals surface area contributed by atoms with E-state index in [1.165, 1.54) is 0 Å². The lowest BCUT2D eigenvalue weighted by Gasteiger charge is -2.41. The number of aryl methyl sites for hydroxylation is 1. The zero-order valence-corrected chi connectivity index (χ0v) is 17.6. The van der Waals surface area contributed by atoms with Gasteiger partial charge in [0.15, 0.2) is 5.82 Å². The van der Waals surface area contributed by atoms with Gasteiger partial charge in [0, 0.05) is 31.1 Å². The topological polar surface area (TPSA) is 100 Å². The molecule has 0 bridgehead atoms. The molecule has 0 spiro atoms. The van der Waals surface area contributed by atoms with E-state index >= 15 is 0 Å². The van der Waals surface area contributed by atoms with Gasteiger partial charge in [-0.3, -0.25) is 24.0 Å². The summed E-state index contributed by atoms with van der Waals surface area (Å²) in [5.74, 6) is 0.156. The number of para-hydroxylation sites is 1. The zero-order chi connectivity index (χ0) is 22.2. The standard InChI is InChI=1S/C23H22N6O3/c1-27-14-25-19(26-27)13-24-20(30)11-6-12-28-21-15-7-2-3-8-16(15)23(32)29(21)18-10-5-4-9-17(18)22(28)31/h2-5,7-10,14,21H,6,11-13H2,1H3,(H,24,30). The zero-order valence-electron chi connectivity index (χ0n) is 17.6. The van der Waals surface area contributed by atoms with Gasteiger partial charge in [0.2, 0.25) is 5.91 Å². The number of fused-ring (bicyclic) bond motifs is 5. The molecule has 162 valence electrons. The third-order valence-corrected chi connectivity index (χ3v) is 5.78. The Bertz CT molecular complexity index is 1220. The summed E-state index contributed by atoms with van der Waals surface area (Å²) in [5, 5.41) is 6.93. The van der Waals surface area contributed by atoms with Crippen LogP contribution in [0.1, 0.15) is 51.1 Å². The quantitative estimate of drug-likeness (QED) is 0.645. The van der Waals surface area contributed by atoms with Gasteiger partial charge in [0.25, 0.3) is 11.8 Å². The molecule has 3 aromatic rings. The normalized spacial score (nSPS) is 16.6. The van der Waals surface area contributed by atoms with Crippen molar-refractivity contribution in [3.63, 3.8) is 0 Å². The third kappa shape index (κ3) is 3.31. The molecular weight excluding hydrogens is 408 g/mol. The second-order valence-corrected chi connectivity index (χ2v) is 7.87. The van der Waals surface area contributed by atoms with E-state index in [0.717, 1.165) is 5.56 Å². The second-order valence-electron chi connectivity index (χ2n) is 7.87. The lowest BCUT2D eigenvalue weighted by Crippen LogP contribution is -2.48. The largest absolute Gasteiger partial charge is 0.349 e. The van der Waals surface area contributed by atoms with Gasteiger partial charge in [-0.25, -0.2) is 4.98 Å². The molecule has 1 aromatic heterocycles. The molecule has 3 amide bonds. The van der Waals surface area contributed by atoms with Crippen molar-refractivity contribution in [2.45, 2.75) is 25.6 Å². The summed E-state index contributed by atoms with van der Waals surface area (Å²) < 4.78 is 1.58. The van der Waals surface area contributed by atoms with Crippen LogP contribution in [0.4, 0.5) is 5.69 Å². The van der Waals surface area contributed by atoms with E-state index in [-0.39, 0.29) is 30.7 Å². The fraction of sp³-hybridized carbons (Fsp3) is 0.261. The number of aromatic nitrogens is 3. The third-order valence-electron chi connectivity index (χ3n) is 5.78. The van der Waals surface area contributed by atoms with Gasteiger partial charge < -0.3 is 10.2 Å². The molecule has 3 heterocycles. The highest BCUT2D eigenvalue weighted by atomic mass is 16.2. The van der Waals surface area contributed by atoms with Crippen molar-refractivity contribution in [2.75, 3.05) is 11.4 Å². The molecule has 0 fully saturated rings. The number of nitrogens with one attached hydrogen (secondary N) is 1. The first-order valence-electron chi connectivity index (χ1n) is 10.5. The van der Waals surface area contributed by atoms with Gasteiger partial charge >= 0.3 is 0 Å². The highest BCUT2D eigenvalue weighted by Gasteiger charge is 2.47. The van der Waals surface area contributed by atoms with Crippen LogP contribution < -0.4 is 10.2 Å². The van der Waals surface area contributed by atoms with Gasteiger partial charge in [-0.15, -0.1) is 0 Å². The number of amides is 3. The minimum atomic E-state index is -0.498. The molecule has 1 atom stereocenters. The minimum Gasteiger partial charge on any atom is -0.349 e. The molecule has 0 aliphatic carbocycles. The van der Waals surface area contributed by atoms with Crippen molar-refractivity contribution < 1.29 is 14.4 Å². The molecule has 2 aromatic carbocycles. The van der Waals surface area contributed by atoms with Gasteiger partial charge in [-0.2, -0.15) is 5.10 Å². The van der Waals surface area contributed by atoms with E-state index in [0.29, 0.717) is 35.6 Å². The van der Waals surface area contributed by atoms with Crippen LogP contribution in [0.5, 0.6) is 0 Å². The first-order valence-corrected chi connectivity index (χ1v) is 10.5. The number of hydrogen-bond donors (Lipinski definition) is 1. The van der Waals surface area contributed by atoms with Gasteiger partial charge in [-0.05, 0) is 24.6 Å². The molecule has 32 heavy (non-hydrogen) atoms. The van der Waals surface area contributed by atoms with E-state index in [9.17, 15) is 14.4 Å². The van der Waals surface area contributed by atoms with Crippen LogP contribution in [-0.2, 0) is 18.4 Å². The molecule has 1 unspecified atom stereocenters. The monoisotopic (exact) mass is 430 g/mol. The summed E-state index contributed by atoms with van der Waals surface area (Å²) in [6.07, 6.45) is 1.80. The van der Waals surface area contributed by atoms with Crippen molar-refractivity contribution in [1.82, 2.24) is 25.0 Å². The lowest BCUT2D eigenvalue weighted by atomic mass is 10.0. The first kappa shape index (κ1) is 19.9. The summed E-state index contributed by atoms with van der Waals surface area (Å²) in [6, 6.07) is 14.5. The summed E-state index contributed by atoms with van der Waals surface area (Å²) in [7, 11) is 1.77. The first-order chi connectivity index (χ1) is 15.5. The van der Waals surface area contributed by atoms with Gasteiger partial charge in [-0.1, -0.05) is 30.3 Å². The summed E-state index contributed by atoms with van der Waals surface area (Å²) in [5.41, 5.74) is 2.54. The molecule has 0 radical (unpaired) electrons. The van der Waals surface area contributed by atoms with E-state index in [4.69, 9.17) is 0 Å². The number of rotatable bonds is 6. The molecule has 0 saturated carbocycles. The molecule has 2 aliphatic heterocycles. The van der Waals surface area contributed by atoms with Crippen LogP contribution in [0, 0.1) is 0 Å². The Morgan fingerprint density at radius 1 is 1.03 bits per heavy atom. The number of anilines is 1. The minimum absolute atomic E-state index is 0.115. The lowest BCUT2D eigenvalue weighted by molar-refractivity contribution is -0.121. The SMILES string of the molecule is Cn1cnc(CNC(=O)CCCN2C(=O)c3ccccc3N3C(=O)c4ccccc4C23)n1. The molecule has 1 N–H and O–H groups in total. The summed E-state index contributed by atoms with van der Waals surface area (Å²) in [4.78, 5) is 46.2. The Morgan fingerprint density at radius 2 is 1.78 bits per heavy atom. The Balaban J connectivity index is 1.32. The molecule has 0 saturated heterocycles. The smallest absolute Gasteiger partial charge is 0.260 e. The average Bonchev–Trinajstić information content (AvgIpc) is 3.36. The molecule has 9 nitrogen and oxygen atoms in total. The van der Waals surface area contributed by atoms with Gasteiger partial charge in [0.05, 0.1) is 17.8 Å². The predicted molar refractivity (Wildman–Crippen MR) is 116 cm³/mol. The number of benzene rings is 2. The van der Waals surface area contributed by atoms with Crippen LogP contribution in [0.25, 0.3) is 0 Å². The van der Waals surface area contributed by atoms with Crippen LogP contribution >= 0.6 is 0 Å². The van der Waals surface area contributed by atoms with Crippen molar-refractivity contribution in [3.05, 3.63) is 77.4 Å². The van der Waals surface area contributed by atoms with Crippen LogP contribution in [0.2, 0.25) is 0 Å². The van der Waals surface area contributed by atoms with Crippen molar-refractivity contribution in [1.29, 1.82) is 0 Å². The maximum absolute atomic E-state index is 13.3. The highest BCUT2D eigenvalue weighted by Crippen LogP contribution is 2.45. The predicted octanol–water partition coefficient (Wildman–Crippen LogP) is 2.03. The molecule has 9 heteroatoms. The van der Waals surface area contributed by atoms with E-state index in [1.807, 2.05) is 24.3 Å². The maximum atomic E-state index is 13.3. The van der Waals surface area contributed by atoms with Gasteiger partial charge in [0.1, 0.15) is 12.5 Å². The van der Waals surface area contributed by atoms with Crippen LogP contribution in [-0.4, -0.2) is 43.9 Å². The van der Waals surface area contributed by atoms with Crippen molar-refractivity contribution >= 4 is 23.4 Å². The molecular formula is C23H22N6O3. The Labute approximate surface area is 184 Å². The maximum Gasteiger partial charge on any atom is 0.260 e. The van der Waals surface area contributed by atoms with Crippen LogP contribution in [0.15, 0.2) is 54.9 Å². The van der Waals surface area contributed by atoms with Crippen molar-refractivity contribution in [3.8, 4) is 0 Å². The summed E-state index contributed by atoms with van der Waals surface area (Å²) >= 11 is 0. The fourth-order valence-corrected chi connectivity index (χ4v) is 4.34. The Hall–Kier alpha value is -4.01. The second kappa shape index (κ2) is 7.92. The van der Waals surface area contributed by atoms with E-state index in [1.54, 1.807) is 52.1 Å². The average molecular weight is 430 g/mol. The Morgan fingerprint density at radius 3 is 2.56 bits per heavy atom. The van der Waals surface area contributed by atoms with E-state index in [2.05, 4.69) is 15.4 Å². The summed E-state index contributed by atoms with van der Waals surface area (Å²) in [6.45, 7) is 0.610. The molecule has 2 aliphatic rings. The molecule has 5 rings (SSSR count). The van der Waals surface area contributed by atoms with Crippen LogP contribution in [0.3, 0.4) is 0 Å². The highest BCUT2D eigenvalue weighted by molar-refractivity contribution is 6.16. The number of nitrogens with zero attached hydrogens (tertiary/aromatic N) is 5. The number of carbonyl (C=O) groups is 3. The fourth-order valence-electron chi connectivity index (χ4n) is 4.34.